The second-order valence-corrected chi connectivity index (χ2v) is 2.81. The van der Waals surface area contributed by atoms with Crippen LogP contribution in [0.15, 0.2) is 23.4 Å². The summed E-state index contributed by atoms with van der Waals surface area (Å²) in [6, 6.07) is 0. The van der Waals surface area contributed by atoms with Crippen molar-refractivity contribution in [3.63, 3.8) is 0 Å². The summed E-state index contributed by atoms with van der Waals surface area (Å²) in [6.07, 6.45) is 7.76. The van der Waals surface area contributed by atoms with Gasteiger partial charge in [0.1, 0.15) is 0 Å². The molecule has 0 aromatic rings. The quantitative estimate of drug-likeness (QED) is 0.617. The molecule has 0 amide bonds. The Bertz CT molecular complexity index is 150. The van der Waals surface area contributed by atoms with Crippen molar-refractivity contribution in [2.24, 2.45) is 5.73 Å². The van der Waals surface area contributed by atoms with Crippen molar-refractivity contribution in [3.8, 4) is 0 Å². The van der Waals surface area contributed by atoms with Gasteiger partial charge in [-0.25, -0.2) is 0 Å². The molecule has 0 rings (SSSR count). The first-order valence-corrected chi connectivity index (χ1v) is 4.33. The van der Waals surface area contributed by atoms with Gasteiger partial charge in [0, 0.05) is 5.70 Å². The maximum Gasteiger partial charge on any atom is 0.00515 e. The number of hydrogen-bond donors (Lipinski definition) is 1. The molecule has 11 heavy (non-hydrogen) atoms. The molecule has 0 heterocycles. The molecule has 0 aliphatic rings. The van der Waals surface area contributed by atoms with Crippen molar-refractivity contribution >= 4 is 0 Å². The monoisotopic (exact) mass is 153 g/mol. The first-order valence-electron chi connectivity index (χ1n) is 4.33. The summed E-state index contributed by atoms with van der Waals surface area (Å²) >= 11 is 0. The SMILES string of the molecule is CCC/C=C(\C=C(/C)N)CC. The highest BCUT2D eigenvalue weighted by molar-refractivity contribution is 5.20. The van der Waals surface area contributed by atoms with Crippen molar-refractivity contribution in [2.45, 2.75) is 40.0 Å². The van der Waals surface area contributed by atoms with E-state index in [1.165, 1.54) is 12.0 Å². The van der Waals surface area contributed by atoms with Crippen LogP contribution in [-0.2, 0) is 0 Å². The average molecular weight is 153 g/mol. The van der Waals surface area contributed by atoms with Gasteiger partial charge < -0.3 is 5.73 Å². The van der Waals surface area contributed by atoms with Gasteiger partial charge in [0.2, 0.25) is 0 Å². The molecule has 2 N–H and O–H groups in total. The van der Waals surface area contributed by atoms with Crippen LogP contribution in [0.5, 0.6) is 0 Å². The molecule has 0 radical (unpaired) electrons. The van der Waals surface area contributed by atoms with Crippen LogP contribution in [-0.4, -0.2) is 0 Å². The van der Waals surface area contributed by atoms with Crippen LogP contribution >= 0.6 is 0 Å². The summed E-state index contributed by atoms with van der Waals surface area (Å²) in [7, 11) is 0. The third kappa shape index (κ3) is 5.71. The van der Waals surface area contributed by atoms with Gasteiger partial charge in [0.05, 0.1) is 0 Å². The number of hydrogen-bond acceptors (Lipinski definition) is 1. The molecule has 1 heteroatoms. The fourth-order valence-corrected chi connectivity index (χ4v) is 0.927. The Hall–Kier alpha value is -0.720. The van der Waals surface area contributed by atoms with Crippen molar-refractivity contribution in [2.75, 3.05) is 0 Å². The van der Waals surface area contributed by atoms with Gasteiger partial charge in [-0.2, -0.15) is 0 Å². The number of allylic oxidation sites excluding steroid dienone is 4. The van der Waals surface area contributed by atoms with Gasteiger partial charge in [0.15, 0.2) is 0 Å². The topological polar surface area (TPSA) is 26.0 Å². The molecule has 0 fully saturated rings. The zero-order chi connectivity index (χ0) is 8.69. The Morgan fingerprint density at radius 3 is 2.36 bits per heavy atom. The molecule has 64 valence electrons. The lowest BCUT2D eigenvalue weighted by atomic mass is 10.1. The summed E-state index contributed by atoms with van der Waals surface area (Å²) in [5, 5.41) is 0. The van der Waals surface area contributed by atoms with Gasteiger partial charge in [-0.3, -0.25) is 0 Å². The van der Waals surface area contributed by atoms with E-state index in [1.54, 1.807) is 0 Å². The minimum absolute atomic E-state index is 0.897. The highest BCUT2D eigenvalue weighted by atomic mass is 14.5. The van der Waals surface area contributed by atoms with Crippen molar-refractivity contribution in [1.29, 1.82) is 0 Å². The first-order chi connectivity index (χ1) is 5.20. The lowest BCUT2D eigenvalue weighted by Crippen LogP contribution is -1.91. The lowest BCUT2D eigenvalue weighted by molar-refractivity contribution is 0.941. The first kappa shape index (κ1) is 10.3. The van der Waals surface area contributed by atoms with Crippen LogP contribution in [0.25, 0.3) is 0 Å². The minimum Gasteiger partial charge on any atom is -0.402 e. The Balaban J connectivity index is 4.05. The smallest absolute Gasteiger partial charge is 0.00515 e. The molecular weight excluding hydrogens is 134 g/mol. The summed E-state index contributed by atoms with van der Waals surface area (Å²) in [5.74, 6) is 0. The Kier molecular flexibility index (Phi) is 5.63. The van der Waals surface area contributed by atoms with Gasteiger partial charge in [-0.1, -0.05) is 31.9 Å². The highest BCUT2D eigenvalue weighted by Gasteiger charge is 1.87. The van der Waals surface area contributed by atoms with E-state index in [4.69, 9.17) is 5.73 Å². The summed E-state index contributed by atoms with van der Waals surface area (Å²) in [6.45, 7) is 6.26. The van der Waals surface area contributed by atoms with Gasteiger partial charge >= 0.3 is 0 Å². The normalized spacial score (nSPS) is 13.7. The van der Waals surface area contributed by atoms with Crippen LogP contribution in [0.3, 0.4) is 0 Å². The molecule has 0 bridgehead atoms. The van der Waals surface area contributed by atoms with Crippen molar-refractivity contribution in [1.82, 2.24) is 0 Å². The highest BCUT2D eigenvalue weighted by Crippen LogP contribution is 2.06. The lowest BCUT2D eigenvalue weighted by Gasteiger charge is -1.97. The fraction of sp³-hybridized carbons (Fsp3) is 0.600. The van der Waals surface area contributed by atoms with Crippen LogP contribution < -0.4 is 5.73 Å². The predicted octanol–water partition coefficient (Wildman–Crippen LogP) is 2.99. The van der Waals surface area contributed by atoms with E-state index in [0.717, 1.165) is 18.5 Å². The average Bonchev–Trinajstić information content (AvgIpc) is 1.97. The standard InChI is InChI=1S/C10H19N/c1-4-6-7-10(5-2)8-9(3)11/h7-8H,4-6,11H2,1-3H3/b9-8+,10-7-. The molecular formula is C10H19N. The fourth-order valence-electron chi connectivity index (χ4n) is 0.927. The maximum atomic E-state index is 5.56. The molecule has 0 aliphatic carbocycles. The molecule has 1 nitrogen and oxygen atoms in total. The van der Waals surface area contributed by atoms with E-state index in [0.29, 0.717) is 0 Å². The van der Waals surface area contributed by atoms with E-state index >= 15 is 0 Å². The number of unbranched alkanes of at least 4 members (excludes halogenated alkanes) is 1. The third-order valence-corrected chi connectivity index (χ3v) is 1.52. The van der Waals surface area contributed by atoms with E-state index in [1.807, 2.05) is 6.92 Å². The van der Waals surface area contributed by atoms with E-state index in [9.17, 15) is 0 Å². The molecule has 0 aromatic carbocycles. The predicted molar refractivity (Wildman–Crippen MR) is 51.2 cm³/mol. The molecule has 0 aliphatic heterocycles. The van der Waals surface area contributed by atoms with Gasteiger partial charge in [0.25, 0.3) is 0 Å². The largest absolute Gasteiger partial charge is 0.402 e. The van der Waals surface area contributed by atoms with E-state index in [2.05, 4.69) is 26.0 Å². The number of nitrogens with two attached hydrogens (primary N) is 1. The Labute approximate surface area is 70.0 Å². The molecule has 0 saturated heterocycles. The van der Waals surface area contributed by atoms with Crippen LogP contribution in [0.1, 0.15) is 40.0 Å². The Morgan fingerprint density at radius 1 is 1.36 bits per heavy atom. The summed E-state index contributed by atoms with van der Waals surface area (Å²) in [4.78, 5) is 0. The zero-order valence-electron chi connectivity index (χ0n) is 7.85. The Morgan fingerprint density at radius 2 is 2.00 bits per heavy atom. The molecule has 0 aromatic heterocycles. The third-order valence-electron chi connectivity index (χ3n) is 1.52. The number of rotatable bonds is 4. The zero-order valence-corrected chi connectivity index (χ0v) is 7.85. The van der Waals surface area contributed by atoms with Crippen LogP contribution in [0.2, 0.25) is 0 Å². The van der Waals surface area contributed by atoms with Crippen molar-refractivity contribution in [3.05, 3.63) is 23.4 Å². The van der Waals surface area contributed by atoms with Gasteiger partial charge in [-0.05, 0) is 25.8 Å². The molecule has 0 unspecified atom stereocenters. The minimum atomic E-state index is 0.897. The van der Waals surface area contributed by atoms with Gasteiger partial charge in [-0.15, -0.1) is 0 Å². The molecule has 0 spiro atoms. The second kappa shape index (κ2) is 6.02. The van der Waals surface area contributed by atoms with E-state index < -0.39 is 0 Å². The molecule has 0 atom stereocenters. The van der Waals surface area contributed by atoms with Crippen LogP contribution in [0, 0.1) is 0 Å². The summed E-state index contributed by atoms with van der Waals surface area (Å²) < 4.78 is 0. The molecule has 0 saturated carbocycles. The second-order valence-electron chi connectivity index (χ2n) is 2.81. The van der Waals surface area contributed by atoms with Crippen LogP contribution in [0.4, 0.5) is 0 Å². The van der Waals surface area contributed by atoms with E-state index in [-0.39, 0.29) is 0 Å². The maximum absolute atomic E-state index is 5.56. The van der Waals surface area contributed by atoms with Crippen molar-refractivity contribution < 1.29 is 0 Å². The summed E-state index contributed by atoms with van der Waals surface area (Å²) in [5.41, 5.74) is 7.81.